The molecule has 1 N–H and O–H groups in total. The Kier molecular flexibility index (Phi) is 6.99. The van der Waals surface area contributed by atoms with Crippen molar-refractivity contribution in [2.75, 3.05) is 6.61 Å². The fourth-order valence-corrected chi connectivity index (χ4v) is 1.83. The van der Waals surface area contributed by atoms with Gasteiger partial charge in [0.1, 0.15) is 0 Å². The monoisotopic (exact) mass is 332 g/mol. The van der Waals surface area contributed by atoms with E-state index in [1.54, 1.807) is 18.2 Å². The van der Waals surface area contributed by atoms with Gasteiger partial charge in [-0.3, -0.25) is 9.78 Å². The zero-order valence-electron chi connectivity index (χ0n) is 12.9. The van der Waals surface area contributed by atoms with E-state index in [2.05, 4.69) is 15.0 Å². The van der Waals surface area contributed by atoms with E-state index in [-0.39, 0.29) is 5.92 Å². The molecule has 0 aliphatic heterocycles. The number of halogens is 3. The fraction of sp³-hybridized carbons (Fsp3) is 0.533. The van der Waals surface area contributed by atoms with Gasteiger partial charge >= 0.3 is 18.1 Å². The molecule has 0 aliphatic carbocycles. The van der Waals surface area contributed by atoms with Gasteiger partial charge in [0.05, 0.1) is 11.7 Å². The quantitative estimate of drug-likeness (QED) is 0.642. The van der Waals surface area contributed by atoms with Crippen molar-refractivity contribution in [2.24, 2.45) is 5.92 Å². The maximum atomic E-state index is 12.0. The molecule has 0 bridgehead atoms. The molecule has 1 aromatic heterocycles. The molecule has 1 rings (SSSR count). The molecule has 8 heteroatoms. The van der Waals surface area contributed by atoms with Crippen molar-refractivity contribution in [1.82, 2.24) is 10.3 Å². The number of carbonyl (C=O) groups is 2. The molecule has 0 fully saturated rings. The predicted molar refractivity (Wildman–Crippen MR) is 76.2 cm³/mol. The summed E-state index contributed by atoms with van der Waals surface area (Å²) in [7, 11) is 0. The molecule has 0 saturated heterocycles. The Morgan fingerprint density at radius 2 is 2.04 bits per heavy atom. The summed E-state index contributed by atoms with van der Waals surface area (Å²) in [4.78, 5) is 27.2. The van der Waals surface area contributed by atoms with Gasteiger partial charge in [0, 0.05) is 6.20 Å². The second kappa shape index (κ2) is 8.50. The Morgan fingerprint density at radius 1 is 1.35 bits per heavy atom. The average Bonchev–Trinajstić information content (AvgIpc) is 2.51. The van der Waals surface area contributed by atoms with Crippen molar-refractivity contribution >= 4 is 11.9 Å². The summed E-state index contributed by atoms with van der Waals surface area (Å²) < 4.78 is 40.0. The van der Waals surface area contributed by atoms with Crippen molar-refractivity contribution in [3.8, 4) is 0 Å². The maximum absolute atomic E-state index is 12.0. The SMILES string of the molecule is CC[C@@H](C)C[C@@H](NC(=O)C(=O)OCC(F)(F)F)c1ccccn1. The minimum Gasteiger partial charge on any atom is -0.449 e. The lowest BCUT2D eigenvalue weighted by atomic mass is 9.97. The molecule has 2 atom stereocenters. The summed E-state index contributed by atoms with van der Waals surface area (Å²) in [5.41, 5.74) is 0.532. The molecule has 1 heterocycles. The van der Waals surface area contributed by atoms with Crippen LogP contribution in [0.4, 0.5) is 13.2 Å². The normalized spacial score (nSPS) is 14.0. The molecule has 0 aliphatic rings. The topological polar surface area (TPSA) is 68.3 Å². The zero-order chi connectivity index (χ0) is 17.5. The van der Waals surface area contributed by atoms with E-state index in [9.17, 15) is 22.8 Å². The van der Waals surface area contributed by atoms with E-state index in [0.29, 0.717) is 12.1 Å². The van der Waals surface area contributed by atoms with Crippen LogP contribution in [0.25, 0.3) is 0 Å². The van der Waals surface area contributed by atoms with E-state index in [1.807, 2.05) is 13.8 Å². The van der Waals surface area contributed by atoms with Gasteiger partial charge in [-0.2, -0.15) is 13.2 Å². The summed E-state index contributed by atoms with van der Waals surface area (Å²) in [5.74, 6) is -2.55. The van der Waals surface area contributed by atoms with E-state index in [1.165, 1.54) is 6.20 Å². The van der Waals surface area contributed by atoms with E-state index in [4.69, 9.17) is 0 Å². The van der Waals surface area contributed by atoms with Gasteiger partial charge < -0.3 is 10.1 Å². The molecule has 23 heavy (non-hydrogen) atoms. The van der Waals surface area contributed by atoms with Crippen LogP contribution in [0, 0.1) is 5.92 Å². The average molecular weight is 332 g/mol. The molecule has 0 unspecified atom stereocenters. The third kappa shape index (κ3) is 7.12. The van der Waals surface area contributed by atoms with Gasteiger partial charge in [0.25, 0.3) is 0 Å². The van der Waals surface area contributed by atoms with Crippen LogP contribution in [-0.4, -0.2) is 29.6 Å². The van der Waals surface area contributed by atoms with Crippen LogP contribution in [0.1, 0.15) is 38.4 Å². The van der Waals surface area contributed by atoms with Gasteiger partial charge in [0.2, 0.25) is 0 Å². The van der Waals surface area contributed by atoms with Crippen molar-refractivity contribution in [2.45, 2.75) is 38.9 Å². The summed E-state index contributed by atoms with van der Waals surface area (Å²) in [6.45, 7) is 2.14. The predicted octanol–water partition coefficient (Wildman–Crippen LogP) is 2.78. The van der Waals surface area contributed by atoms with Crippen LogP contribution >= 0.6 is 0 Å². The van der Waals surface area contributed by atoms with Gasteiger partial charge in [-0.15, -0.1) is 0 Å². The van der Waals surface area contributed by atoms with Crippen molar-refractivity contribution in [3.05, 3.63) is 30.1 Å². The van der Waals surface area contributed by atoms with Gasteiger partial charge in [-0.05, 0) is 24.5 Å². The lowest BCUT2D eigenvalue weighted by Gasteiger charge is -2.21. The Labute approximate surface area is 132 Å². The molecule has 1 aromatic rings. The largest absolute Gasteiger partial charge is 0.449 e. The first-order valence-electron chi connectivity index (χ1n) is 7.18. The summed E-state index contributed by atoms with van der Waals surface area (Å²) in [5, 5.41) is 2.39. The maximum Gasteiger partial charge on any atom is 0.422 e. The number of nitrogens with zero attached hydrogens (tertiary/aromatic N) is 1. The molecule has 0 saturated carbocycles. The molecule has 0 aromatic carbocycles. The summed E-state index contributed by atoms with van der Waals surface area (Å²) in [6.07, 6.45) is -1.79. The number of ether oxygens (including phenoxy) is 1. The smallest absolute Gasteiger partial charge is 0.422 e. The second-order valence-electron chi connectivity index (χ2n) is 5.22. The standard InChI is InChI=1S/C15H19F3N2O3/c1-3-10(2)8-12(11-6-4-5-7-19-11)20-13(21)14(22)23-9-15(16,17)18/h4-7,10,12H,3,8-9H2,1-2H3,(H,20,21)/t10-,12-/m1/s1. The Bertz CT molecular complexity index is 520. The van der Waals surface area contributed by atoms with Crippen LogP contribution in [0.5, 0.6) is 0 Å². The molecule has 0 spiro atoms. The van der Waals surface area contributed by atoms with Crippen LogP contribution in [0.2, 0.25) is 0 Å². The summed E-state index contributed by atoms with van der Waals surface area (Å²) >= 11 is 0. The highest BCUT2D eigenvalue weighted by atomic mass is 19.4. The highest BCUT2D eigenvalue weighted by Crippen LogP contribution is 2.21. The molecule has 128 valence electrons. The number of hydrogen-bond donors (Lipinski definition) is 1. The number of aromatic nitrogens is 1. The number of hydrogen-bond acceptors (Lipinski definition) is 4. The highest BCUT2D eigenvalue weighted by molar-refractivity contribution is 6.32. The third-order valence-corrected chi connectivity index (χ3v) is 3.24. The van der Waals surface area contributed by atoms with Crippen molar-refractivity contribution < 1.29 is 27.5 Å². The van der Waals surface area contributed by atoms with E-state index < -0.39 is 30.7 Å². The van der Waals surface area contributed by atoms with E-state index in [0.717, 1.165) is 6.42 Å². The first-order chi connectivity index (χ1) is 10.7. The molecular weight excluding hydrogens is 313 g/mol. The van der Waals surface area contributed by atoms with Crippen LogP contribution < -0.4 is 5.32 Å². The van der Waals surface area contributed by atoms with Gasteiger partial charge in [0.15, 0.2) is 6.61 Å². The molecule has 1 amide bonds. The Morgan fingerprint density at radius 3 is 2.57 bits per heavy atom. The number of rotatable bonds is 6. The van der Waals surface area contributed by atoms with Crippen LogP contribution in [0.15, 0.2) is 24.4 Å². The van der Waals surface area contributed by atoms with E-state index >= 15 is 0 Å². The minimum absolute atomic E-state index is 0.230. The van der Waals surface area contributed by atoms with Crippen molar-refractivity contribution in [3.63, 3.8) is 0 Å². The first-order valence-corrected chi connectivity index (χ1v) is 7.18. The highest BCUT2D eigenvalue weighted by Gasteiger charge is 2.32. The molecule has 5 nitrogen and oxygen atoms in total. The lowest BCUT2D eigenvalue weighted by molar-refractivity contribution is -0.187. The number of amides is 1. The summed E-state index contributed by atoms with van der Waals surface area (Å²) in [6, 6.07) is 4.52. The third-order valence-electron chi connectivity index (χ3n) is 3.24. The number of carbonyl (C=O) groups excluding carboxylic acids is 2. The minimum atomic E-state index is -4.67. The Hall–Kier alpha value is -2.12. The lowest BCUT2D eigenvalue weighted by Crippen LogP contribution is -2.37. The number of pyridine rings is 1. The zero-order valence-corrected chi connectivity index (χ0v) is 12.9. The Balaban J connectivity index is 2.72. The number of nitrogens with one attached hydrogen (secondary N) is 1. The fourth-order valence-electron chi connectivity index (χ4n) is 1.83. The number of alkyl halides is 3. The van der Waals surface area contributed by atoms with Gasteiger partial charge in [-0.25, -0.2) is 4.79 Å². The number of esters is 1. The second-order valence-corrected chi connectivity index (χ2v) is 5.22. The van der Waals surface area contributed by atoms with Crippen molar-refractivity contribution in [1.29, 1.82) is 0 Å². The van der Waals surface area contributed by atoms with Crippen LogP contribution in [-0.2, 0) is 14.3 Å². The molecular formula is C15H19F3N2O3. The molecule has 0 radical (unpaired) electrons. The first kappa shape index (κ1) is 18.9. The van der Waals surface area contributed by atoms with Gasteiger partial charge in [-0.1, -0.05) is 26.3 Å². The van der Waals surface area contributed by atoms with Crippen LogP contribution in [0.3, 0.4) is 0 Å².